The number of Topliss-reactive ketones (excluding diaryl/α,β-unsaturated/α-hetero) is 1. The Labute approximate surface area is 163 Å². The zero-order chi connectivity index (χ0) is 20.5. The monoisotopic (exact) mass is 380 g/mol. The van der Waals surface area contributed by atoms with Crippen molar-refractivity contribution in [3.05, 3.63) is 53.6 Å². The predicted molar refractivity (Wildman–Crippen MR) is 105 cm³/mol. The van der Waals surface area contributed by atoms with Crippen molar-refractivity contribution in [2.24, 2.45) is 0 Å². The zero-order valence-electron chi connectivity index (χ0n) is 15.6. The molecule has 28 heavy (non-hydrogen) atoms. The Kier molecular flexibility index (Phi) is 7.17. The molecule has 144 valence electrons. The second kappa shape index (κ2) is 9.78. The summed E-state index contributed by atoms with van der Waals surface area (Å²) in [4.78, 5) is 35.8. The summed E-state index contributed by atoms with van der Waals surface area (Å²) >= 11 is 0. The smallest absolute Gasteiger partial charge is 0.262 e. The van der Waals surface area contributed by atoms with E-state index in [1.54, 1.807) is 42.5 Å². The van der Waals surface area contributed by atoms with Crippen molar-refractivity contribution in [1.82, 2.24) is 5.32 Å². The van der Waals surface area contributed by atoms with Crippen molar-refractivity contribution in [1.29, 1.82) is 0 Å². The van der Waals surface area contributed by atoms with Gasteiger partial charge in [0.05, 0.1) is 24.9 Å². The van der Waals surface area contributed by atoms with Gasteiger partial charge in [-0.25, -0.2) is 0 Å². The van der Waals surface area contributed by atoms with Gasteiger partial charge in [0.2, 0.25) is 0 Å². The maximum absolute atomic E-state index is 12.3. The molecule has 0 atom stereocenters. The highest BCUT2D eigenvalue weighted by atomic mass is 16.5. The molecule has 2 aromatic carbocycles. The van der Waals surface area contributed by atoms with E-state index in [1.807, 2.05) is 0 Å². The maximum atomic E-state index is 12.3. The number of ether oxygens (including phenoxy) is 2. The Morgan fingerprint density at radius 2 is 1.86 bits per heavy atom. The van der Waals surface area contributed by atoms with Gasteiger partial charge in [0, 0.05) is 5.56 Å². The van der Waals surface area contributed by atoms with Crippen LogP contribution in [0.15, 0.2) is 42.5 Å². The topological polar surface area (TPSA) is 93.7 Å². The first-order valence-electron chi connectivity index (χ1n) is 8.38. The summed E-state index contributed by atoms with van der Waals surface area (Å²) in [6.45, 7) is 1.22. The third kappa shape index (κ3) is 5.35. The molecule has 0 spiro atoms. The molecule has 7 heteroatoms. The van der Waals surface area contributed by atoms with Crippen LogP contribution in [0.2, 0.25) is 0 Å². The van der Waals surface area contributed by atoms with E-state index in [2.05, 4.69) is 16.6 Å². The van der Waals surface area contributed by atoms with Gasteiger partial charge in [0.15, 0.2) is 23.9 Å². The van der Waals surface area contributed by atoms with Gasteiger partial charge in [-0.2, -0.15) is 0 Å². The average molecular weight is 380 g/mol. The van der Waals surface area contributed by atoms with Gasteiger partial charge in [-0.1, -0.05) is 18.1 Å². The van der Waals surface area contributed by atoms with Gasteiger partial charge in [-0.3, -0.25) is 14.4 Å². The number of terminal acetylenes is 1. The first-order valence-corrected chi connectivity index (χ1v) is 8.38. The van der Waals surface area contributed by atoms with E-state index >= 15 is 0 Å². The summed E-state index contributed by atoms with van der Waals surface area (Å²) in [7, 11) is 1.44. The van der Waals surface area contributed by atoms with Gasteiger partial charge >= 0.3 is 0 Å². The van der Waals surface area contributed by atoms with Crippen LogP contribution in [0.4, 0.5) is 5.69 Å². The molecule has 0 radical (unpaired) electrons. The number of amides is 2. The first-order chi connectivity index (χ1) is 13.5. The van der Waals surface area contributed by atoms with E-state index in [9.17, 15) is 14.4 Å². The van der Waals surface area contributed by atoms with Gasteiger partial charge in [-0.15, -0.1) is 6.42 Å². The van der Waals surface area contributed by atoms with E-state index in [4.69, 9.17) is 15.9 Å². The minimum atomic E-state index is -0.463. The Balaban J connectivity index is 2.05. The first kappa shape index (κ1) is 20.5. The van der Waals surface area contributed by atoms with E-state index in [-0.39, 0.29) is 24.5 Å². The number of ketones is 1. The molecule has 0 bridgehead atoms. The summed E-state index contributed by atoms with van der Waals surface area (Å²) in [6, 6.07) is 11.2. The number of hydrogen-bond donors (Lipinski definition) is 2. The molecule has 0 aliphatic rings. The van der Waals surface area contributed by atoms with Crippen molar-refractivity contribution in [3.8, 4) is 23.8 Å². The molecule has 0 unspecified atom stereocenters. The fourth-order valence-electron chi connectivity index (χ4n) is 2.35. The van der Waals surface area contributed by atoms with Crippen LogP contribution in [-0.2, 0) is 4.79 Å². The van der Waals surface area contributed by atoms with E-state index < -0.39 is 11.8 Å². The molecule has 0 aliphatic carbocycles. The van der Waals surface area contributed by atoms with Crippen LogP contribution in [0.3, 0.4) is 0 Å². The number of nitrogens with one attached hydrogen (secondary N) is 2. The lowest BCUT2D eigenvalue weighted by Gasteiger charge is -2.13. The molecule has 0 saturated carbocycles. The third-order valence-corrected chi connectivity index (χ3v) is 3.73. The second-order valence-electron chi connectivity index (χ2n) is 5.69. The minimum Gasteiger partial charge on any atom is -0.493 e. The Morgan fingerprint density at radius 1 is 1.11 bits per heavy atom. The van der Waals surface area contributed by atoms with E-state index in [0.29, 0.717) is 22.7 Å². The van der Waals surface area contributed by atoms with Gasteiger partial charge in [-0.05, 0) is 37.3 Å². The molecule has 7 nitrogen and oxygen atoms in total. The Hall–Kier alpha value is -3.79. The van der Waals surface area contributed by atoms with E-state index in [1.165, 1.54) is 14.0 Å². The summed E-state index contributed by atoms with van der Waals surface area (Å²) < 4.78 is 10.7. The number of para-hydroxylation sites is 1. The van der Waals surface area contributed by atoms with Crippen molar-refractivity contribution in [3.63, 3.8) is 0 Å². The van der Waals surface area contributed by atoms with Gasteiger partial charge in [0.25, 0.3) is 11.8 Å². The molecule has 0 aliphatic heterocycles. The molecule has 2 N–H and O–H groups in total. The van der Waals surface area contributed by atoms with Crippen LogP contribution in [0.5, 0.6) is 11.5 Å². The molecule has 0 fully saturated rings. The normalized spacial score (nSPS) is 9.75. The molecular formula is C21H20N2O5. The number of hydrogen-bond acceptors (Lipinski definition) is 5. The van der Waals surface area contributed by atoms with Crippen molar-refractivity contribution in [2.45, 2.75) is 6.92 Å². The summed E-state index contributed by atoms with van der Waals surface area (Å²) in [5.41, 5.74) is 1.10. The maximum Gasteiger partial charge on any atom is 0.262 e. The van der Waals surface area contributed by atoms with Crippen molar-refractivity contribution in [2.75, 3.05) is 25.6 Å². The van der Waals surface area contributed by atoms with E-state index in [0.717, 1.165) is 0 Å². The zero-order valence-corrected chi connectivity index (χ0v) is 15.6. The Morgan fingerprint density at radius 3 is 2.54 bits per heavy atom. The number of rotatable bonds is 8. The standard InChI is InChI=1S/C21H20N2O5/c1-4-11-22-21(26)16-7-5-6-8-17(16)23-20(25)13-28-18-10-9-15(14(2)24)12-19(18)27-3/h1,5-10,12H,11,13H2,2-3H3,(H,22,26)(H,23,25). The minimum absolute atomic E-state index is 0.0836. The fraction of sp³-hybridized carbons (Fsp3) is 0.190. The van der Waals surface area contributed by atoms with Crippen LogP contribution in [0.25, 0.3) is 0 Å². The van der Waals surface area contributed by atoms with Crippen LogP contribution in [0, 0.1) is 12.3 Å². The van der Waals surface area contributed by atoms with Gasteiger partial charge < -0.3 is 20.1 Å². The molecular weight excluding hydrogens is 360 g/mol. The second-order valence-corrected chi connectivity index (χ2v) is 5.69. The molecule has 0 heterocycles. The molecule has 0 saturated heterocycles. The highest BCUT2D eigenvalue weighted by Gasteiger charge is 2.14. The summed E-state index contributed by atoms with van der Waals surface area (Å²) in [5.74, 6) is 2.02. The lowest BCUT2D eigenvalue weighted by molar-refractivity contribution is -0.118. The average Bonchev–Trinajstić information content (AvgIpc) is 2.70. The SMILES string of the molecule is C#CCNC(=O)c1ccccc1NC(=O)COc1ccc(C(C)=O)cc1OC. The largest absolute Gasteiger partial charge is 0.493 e. The van der Waals surface area contributed by atoms with Crippen molar-refractivity contribution >= 4 is 23.3 Å². The number of carbonyl (C=O) groups excluding carboxylic acids is 3. The van der Waals surface area contributed by atoms with Crippen molar-refractivity contribution < 1.29 is 23.9 Å². The quantitative estimate of drug-likeness (QED) is 0.541. The molecule has 2 aromatic rings. The number of methoxy groups -OCH3 is 1. The highest BCUT2D eigenvalue weighted by molar-refractivity contribution is 6.04. The van der Waals surface area contributed by atoms with Gasteiger partial charge in [0.1, 0.15) is 0 Å². The predicted octanol–water partition coefficient (Wildman–Crippen LogP) is 2.28. The third-order valence-electron chi connectivity index (χ3n) is 3.73. The lowest BCUT2D eigenvalue weighted by Crippen LogP contribution is -2.26. The molecule has 0 aromatic heterocycles. The Bertz CT molecular complexity index is 931. The number of anilines is 1. The number of benzene rings is 2. The highest BCUT2D eigenvalue weighted by Crippen LogP contribution is 2.28. The summed E-state index contributed by atoms with van der Waals surface area (Å²) in [6.07, 6.45) is 5.14. The lowest BCUT2D eigenvalue weighted by atomic mass is 10.1. The summed E-state index contributed by atoms with van der Waals surface area (Å²) in [5, 5.41) is 5.18. The van der Waals surface area contributed by atoms with Crippen LogP contribution in [0.1, 0.15) is 27.6 Å². The molecule has 2 rings (SSSR count). The molecule has 2 amide bonds. The van der Waals surface area contributed by atoms with Crippen LogP contribution >= 0.6 is 0 Å². The number of carbonyl (C=O) groups is 3. The van der Waals surface area contributed by atoms with Crippen LogP contribution < -0.4 is 20.1 Å². The van der Waals surface area contributed by atoms with Crippen LogP contribution in [-0.4, -0.2) is 37.9 Å². The fourth-order valence-corrected chi connectivity index (χ4v) is 2.35.